The molecule has 0 unspecified atom stereocenters. The van der Waals surface area contributed by atoms with Gasteiger partial charge in [0.25, 0.3) is 0 Å². The van der Waals surface area contributed by atoms with Crippen molar-refractivity contribution in [3.63, 3.8) is 0 Å². The van der Waals surface area contributed by atoms with Crippen molar-refractivity contribution in [3.05, 3.63) is 35.6 Å². The smallest absolute Gasteiger partial charge is 0.227 e. The third-order valence-electron chi connectivity index (χ3n) is 4.36. The summed E-state index contributed by atoms with van der Waals surface area (Å²) in [6, 6.07) is 6.16. The van der Waals surface area contributed by atoms with Crippen molar-refractivity contribution in [1.29, 1.82) is 0 Å². The molecule has 0 radical (unpaired) electrons. The molecule has 21 heavy (non-hydrogen) atoms. The van der Waals surface area contributed by atoms with Crippen molar-refractivity contribution in [2.75, 3.05) is 13.1 Å². The summed E-state index contributed by atoms with van der Waals surface area (Å²) in [6.45, 7) is 3.87. The van der Waals surface area contributed by atoms with E-state index < -0.39 is 0 Å². The van der Waals surface area contributed by atoms with E-state index in [4.69, 9.17) is 4.42 Å². The van der Waals surface area contributed by atoms with E-state index in [-0.39, 0.29) is 5.91 Å². The number of fused-ring (bicyclic) bond motifs is 1. The zero-order chi connectivity index (χ0) is 14.7. The van der Waals surface area contributed by atoms with Crippen LogP contribution in [0, 0.1) is 6.92 Å². The number of benzene rings is 1. The Morgan fingerprint density at radius 1 is 1.14 bits per heavy atom. The Kier molecular flexibility index (Phi) is 4.28. The third-order valence-corrected chi connectivity index (χ3v) is 4.36. The molecule has 2 aromatic rings. The molecule has 1 fully saturated rings. The number of nitrogens with zero attached hydrogens (tertiary/aromatic N) is 1. The number of rotatable bonds is 2. The van der Waals surface area contributed by atoms with Crippen molar-refractivity contribution in [2.24, 2.45) is 0 Å². The Hall–Kier alpha value is -1.77. The van der Waals surface area contributed by atoms with Gasteiger partial charge < -0.3 is 9.32 Å². The van der Waals surface area contributed by atoms with Crippen LogP contribution in [0.1, 0.15) is 43.2 Å². The van der Waals surface area contributed by atoms with Gasteiger partial charge in [-0.15, -0.1) is 0 Å². The maximum Gasteiger partial charge on any atom is 0.227 e. The predicted molar refractivity (Wildman–Crippen MR) is 84.3 cm³/mol. The van der Waals surface area contributed by atoms with E-state index in [0.717, 1.165) is 42.5 Å². The number of hydrogen-bond acceptors (Lipinski definition) is 2. The summed E-state index contributed by atoms with van der Waals surface area (Å²) in [5.41, 5.74) is 3.07. The van der Waals surface area contributed by atoms with Gasteiger partial charge in [-0.3, -0.25) is 4.79 Å². The van der Waals surface area contributed by atoms with Crippen molar-refractivity contribution < 1.29 is 9.21 Å². The van der Waals surface area contributed by atoms with Gasteiger partial charge in [0, 0.05) is 24.0 Å². The first-order chi connectivity index (χ1) is 10.2. The van der Waals surface area contributed by atoms with Crippen LogP contribution in [0.5, 0.6) is 0 Å². The van der Waals surface area contributed by atoms with Crippen molar-refractivity contribution in [2.45, 2.75) is 45.4 Å². The summed E-state index contributed by atoms with van der Waals surface area (Å²) in [5.74, 6) is 0.236. The molecule has 0 saturated carbocycles. The number of amides is 1. The van der Waals surface area contributed by atoms with Crippen LogP contribution in [-0.2, 0) is 11.2 Å². The maximum atomic E-state index is 12.5. The minimum atomic E-state index is 0.236. The van der Waals surface area contributed by atoms with Crippen LogP contribution in [0.25, 0.3) is 11.0 Å². The molecule has 1 aliphatic rings. The van der Waals surface area contributed by atoms with Gasteiger partial charge in [0.05, 0.1) is 12.7 Å². The average Bonchev–Trinajstić information content (AvgIpc) is 2.80. The number of aryl methyl sites for hydroxylation is 1. The minimum absolute atomic E-state index is 0.236. The summed E-state index contributed by atoms with van der Waals surface area (Å²) in [5, 5.41) is 1.07. The molecule has 1 aliphatic heterocycles. The zero-order valence-corrected chi connectivity index (χ0v) is 12.7. The van der Waals surface area contributed by atoms with Gasteiger partial charge in [-0.05, 0) is 31.4 Å². The molecule has 1 saturated heterocycles. The quantitative estimate of drug-likeness (QED) is 0.833. The van der Waals surface area contributed by atoms with Gasteiger partial charge in [-0.1, -0.05) is 31.4 Å². The average molecular weight is 285 g/mol. The lowest BCUT2D eigenvalue weighted by molar-refractivity contribution is -0.130. The van der Waals surface area contributed by atoms with Gasteiger partial charge in [0.1, 0.15) is 5.58 Å². The molecule has 3 nitrogen and oxygen atoms in total. The molecule has 0 spiro atoms. The molecule has 3 rings (SSSR count). The molecule has 1 aromatic carbocycles. The fraction of sp³-hybridized carbons (Fsp3) is 0.500. The van der Waals surface area contributed by atoms with Gasteiger partial charge in [-0.25, -0.2) is 0 Å². The molecule has 1 aromatic heterocycles. The first-order valence-electron chi connectivity index (χ1n) is 7.98. The second-order valence-electron chi connectivity index (χ2n) is 6.09. The number of carbonyl (C=O) groups is 1. The predicted octanol–water partition coefficient (Wildman–Crippen LogP) is 4.08. The first kappa shape index (κ1) is 14.2. The van der Waals surface area contributed by atoms with Gasteiger partial charge in [-0.2, -0.15) is 0 Å². The monoisotopic (exact) mass is 285 g/mol. The Morgan fingerprint density at radius 2 is 1.86 bits per heavy atom. The second kappa shape index (κ2) is 6.33. The fourth-order valence-corrected chi connectivity index (χ4v) is 3.10. The largest absolute Gasteiger partial charge is 0.464 e. The molecule has 0 atom stereocenters. The highest BCUT2D eigenvalue weighted by molar-refractivity contribution is 5.88. The van der Waals surface area contributed by atoms with E-state index in [1.807, 2.05) is 17.9 Å². The SMILES string of the molecule is Cc1ccc2c(CC(=O)N3CCCCCCC3)coc2c1. The van der Waals surface area contributed by atoms with Gasteiger partial charge in [0.2, 0.25) is 5.91 Å². The van der Waals surface area contributed by atoms with E-state index in [1.165, 1.54) is 24.8 Å². The van der Waals surface area contributed by atoms with E-state index in [9.17, 15) is 4.79 Å². The first-order valence-corrected chi connectivity index (χ1v) is 7.98. The Bertz CT molecular complexity index is 621. The molecule has 3 heteroatoms. The Morgan fingerprint density at radius 3 is 2.62 bits per heavy atom. The molecular weight excluding hydrogens is 262 g/mol. The third kappa shape index (κ3) is 3.29. The molecule has 0 aliphatic carbocycles. The maximum absolute atomic E-state index is 12.5. The van der Waals surface area contributed by atoms with E-state index in [1.54, 1.807) is 6.26 Å². The highest BCUT2D eigenvalue weighted by atomic mass is 16.3. The molecular formula is C18H23NO2. The fourth-order valence-electron chi connectivity index (χ4n) is 3.10. The van der Waals surface area contributed by atoms with Crippen LogP contribution in [0.3, 0.4) is 0 Å². The second-order valence-corrected chi connectivity index (χ2v) is 6.09. The van der Waals surface area contributed by atoms with Crippen LogP contribution in [0.2, 0.25) is 0 Å². The van der Waals surface area contributed by atoms with Gasteiger partial charge in [0.15, 0.2) is 0 Å². The highest BCUT2D eigenvalue weighted by Gasteiger charge is 2.17. The molecule has 0 N–H and O–H groups in total. The van der Waals surface area contributed by atoms with Crippen molar-refractivity contribution >= 4 is 16.9 Å². The number of carbonyl (C=O) groups excluding carboxylic acids is 1. The van der Waals surface area contributed by atoms with Crippen LogP contribution >= 0.6 is 0 Å². The summed E-state index contributed by atoms with van der Waals surface area (Å²) < 4.78 is 5.59. The molecule has 2 heterocycles. The van der Waals surface area contributed by atoms with E-state index in [0.29, 0.717) is 6.42 Å². The van der Waals surface area contributed by atoms with Crippen LogP contribution in [0.4, 0.5) is 0 Å². The Labute approximate surface area is 125 Å². The van der Waals surface area contributed by atoms with Crippen LogP contribution in [0.15, 0.2) is 28.9 Å². The summed E-state index contributed by atoms with van der Waals surface area (Å²) in [6.07, 6.45) is 8.28. The van der Waals surface area contributed by atoms with Gasteiger partial charge >= 0.3 is 0 Å². The molecule has 112 valence electrons. The summed E-state index contributed by atoms with van der Waals surface area (Å²) in [7, 11) is 0. The standard InChI is InChI=1S/C18H23NO2/c1-14-7-8-16-15(13-21-17(16)11-14)12-18(20)19-9-5-3-2-4-6-10-19/h7-8,11,13H,2-6,9-10,12H2,1H3. The molecule has 1 amide bonds. The lowest BCUT2D eigenvalue weighted by Crippen LogP contribution is -2.34. The highest BCUT2D eigenvalue weighted by Crippen LogP contribution is 2.23. The van der Waals surface area contributed by atoms with Crippen LogP contribution < -0.4 is 0 Å². The van der Waals surface area contributed by atoms with Crippen molar-refractivity contribution in [1.82, 2.24) is 4.90 Å². The lowest BCUT2D eigenvalue weighted by Gasteiger charge is -2.24. The van der Waals surface area contributed by atoms with E-state index >= 15 is 0 Å². The zero-order valence-electron chi connectivity index (χ0n) is 12.7. The number of hydrogen-bond donors (Lipinski definition) is 0. The lowest BCUT2D eigenvalue weighted by atomic mass is 10.1. The normalized spacial score (nSPS) is 16.7. The topological polar surface area (TPSA) is 33.5 Å². The minimum Gasteiger partial charge on any atom is -0.464 e. The summed E-state index contributed by atoms with van der Waals surface area (Å²) in [4.78, 5) is 14.6. The summed E-state index contributed by atoms with van der Waals surface area (Å²) >= 11 is 0. The van der Waals surface area contributed by atoms with E-state index in [2.05, 4.69) is 12.1 Å². The number of furan rings is 1. The van der Waals surface area contributed by atoms with Crippen LogP contribution in [-0.4, -0.2) is 23.9 Å². The Balaban J connectivity index is 1.73. The van der Waals surface area contributed by atoms with Crippen molar-refractivity contribution in [3.8, 4) is 0 Å². The number of likely N-dealkylation sites (tertiary alicyclic amines) is 1. The molecule has 0 bridgehead atoms.